The number of aliphatic hydroxyl groups is 2. The molecule has 0 aromatic rings. The first-order valence-electron chi connectivity index (χ1n) is 3.18. The van der Waals surface area contributed by atoms with E-state index < -0.39 is 18.6 Å². The van der Waals surface area contributed by atoms with Crippen LogP contribution in [0.25, 0.3) is 0 Å². The summed E-state index contributed by atoms with van der Waals surface area (Å²) in [5.74, 6) is 0. The number of rotatable bonds is 4. The topological polar surface area (TPSA) is 78.8 Å². The Hall–Kier alpha value is -1.33. The number of hydrogen-bond donors (Lipinski definition) is 3. The minimum atomic E-state index is -1.37. The predicted octanol–water partition coefficient (Wildman–Crippen LogP) is -0.279. The number of carbonyl (C=O) groups is 1. The highest BCUT2D eigenvalue weighted by atomic mass is 16.6. The minimum absolute atomic E-state index is 0.949. The molecule has 0 saturated heterocycles. The smallest absolute Gasteiger partial charge is 0.411 e. The molecule has 5 nitrogen and oxygen atoms in total. The van der Waals surface area contributed by atoms with E-state index in [1.54, 1.807) is 0 Å². The Morgan fingerprint density at radius 1 is 1.42 bits per heavy atom. The standard InChI is InChI=1S/C7H11NO4/c1-3-5(9)8-7(11)12-6(10)4-2/h3-6,9-10H,1-2H2,(H,8,11). The van der Waals surface area contributed by atoms with E-state index in [2.05, 4.69) is 17.9 Å². The van der Waals surface area contributed by atoms with Gasteiger partial charge in [0.1, 0.15) is 6.23 Å². The van der Waals surface area contributed by atoms with Crippen molar-refractivity contribution in [1.82, 2.24) is 5.32 Å². The van der Waals surface area contributed by atoms with Gasteiger partial charge in [0.25, 0.3) is 0 Å². The van der Waals surface area contributed by atoms with Gasteiger partial charge in [0.05, 0.1) is 0 Å². The quantitative estimate of drug-likeness (QED) is 0.403. The van der Waals surface area contributed by atoms with Gasteiger partial charge >= 0.3 is 6.09 Å². The Bertz CT molecular complexity index is 162. The summed E-state index contributed by atoms with van der Waals surface area (Å²) in [6.45, 7) is 6.39. The molecule has 0 heterocycles. The van der Waals surface area contributed by atoms with Crippen molar-refractivity contribution in [2.24, 2.45) is 0 Å². The molecular formula is C7H11NO4. The van der Waals surface area contributed by atoms with Gasteiger partial charge in [0.2, 0.25) is 6.29 Å². The van der Waals surface area contributed by atoms with Crippen LogP contribution in [-0.2, 0) is 4.74 Å². The lowest BCUT2D eigenvalue weighted by Gasteiger charge is -2.10. The second kappa shape index (κ2) is 5.34. The van der Waals surface area contributed by atoms with Gasteiger partial charge in [-0.3, -0.25) is 5.32 Å². The van der Waals surface area contributed by atoms with Crippen LogP contribution in [0.2, 0.25) is 0 Å². The number of aliphatic hydroxyl groups excluding tert-OH is 2. The molecule has 12 heavy (non-hydrogen) atoms. The molecule has 2 unspecified atom stereocenters. The Labute approximate surface area is 70.0 Å². The van der Waals surface area contributed by atoms with E-state index in [1.165, 1.54) is 0 Å². The first-order chi connectivity index (χ1) is 5.60. The fourth-order valence-electron chi connectivity index (χ4n) is 0.371. The second-order valence-electron chi connectivity index (χ2n) is 1.86. The van der Waals surface area contributed by atoms with Crippen molar-refractivity contribution in [3.05, 3.63) is 25.3 Å². The number of alkyl carbamates (subject to hydrolysis) is 1. The lowest BCUT2D eigenvalue weighted by atomic mass is 10.5. The third-order valence-corrected chi connectivity index (χ3v) is 0.918. The zero-order chi connectivity index (χ0) is 9.56. The minimum Gasteiger partial charge on any atom is -0.416 e. The number of nitrogens with one attached hydrogen (secondary N) is 1. The van der Waals surface area contributed by atoms with E-state index in [4.69, 9.17) is 10.2 Å². The third-order valence-electron chi connectivity index (χ3n) is 0.918. The highest BCUT2D eigenvalue weighted by Crippen LogP contribution is 1.89. The van der Waals surface area contributed by atoms with E-state index in [0.717, 1.165) is 12.2 Å². The van der Waals surface area contributed by atoms with Crippen molar-refractivity contribution in [2.75, 3.05) is 0 Å². The summed E-state index contributed by atoms with van der Waals surface area (Å²) < 4.78 is 4.25. The molecule has 0 aromatic heterocycles. The molecule has 0 fully saturated rings. The van der Waals surface area contributed by atoms with Crippen LogP contribution in [0.1, 0.15) is 0 Å². The van der Waals surface area contributed by atoms with Gasteiger partial charge in [-0.1, -0.05) is 13.2 Å². The fourth-order valence-corrected chi connectivity index (χ4v) is 0.371. The fraction of sp³-hybridized carbons (Fsp3) is 0.286. The summed E-state index contributed by atoms with van der Waals surface area (Å²) in [5, 5.41) is 19.4. The lowest BCUT2D eigenvalue weighted by Crippen LogP contribution is -2.35. The Balaban J connectivity index is 3.73. The Morgan fingerprint density at radius 2 is 2.00 bits per heavy atom. The number of hydrogen-bond acceptors (Lipinski definition) is 4. The van der Waals surface area contributed by atoms with Crippen molar-refractivity contribution in [3.63, 3.8) is 0 Å². The first kappa shape index (κ1) is 10.7. The molecule has 2 atom stereocenters. The summed E-state index contributed by atoms with van der Waals surface area (Å²) in [7, 11) is 0. The van der Waals surface area contributed by atoms with Gasteiger partial charge in [-0.15, -0.1) is 0 Å². The molecule has 0 aliphatic rings. The molecule has 5 heteroatoms. The number of amides is 1. The van der Waals surface area contributed by atoms with Crippen molar-refractivity contribution in [3.8, 4) is 0 Å². The predicted molar refractivity (Wildman–Crippen MR) is 42.0 cm³/mol. The maximum absolute atomic E-state index is 10.6. The van der Waals surface area contributed by atoms with Crippen LogP contribution >= 0.6 is 0 Å². The average molecular weight is 173 g/mol. The summed E-state index contributed by atoms with van der Waals surface area (Å²) in [6, 6.07) is 0. The molecule has 0 radical (unpaired) electrons. The zero-order valence-corrected chi connectivity index (χ0v) is 6.43. The van der Waals surface area contributed by atoms with E-state index in [0.29, 0.717) is 0 Å². The maximum Gasteiger partial charge on any atom is 0.411 e. The van der Waals surface area contributed by atoms with Crippen molar-refractivity contribution in [2.45, 2.75) is 12.5 Å². The van der Waals surface area contributed by atoms with Gasteiger partial charge in [-0.25, -0.2) is 4.79 Å². The molecule has 0 spiro atoms. The molecule has 0 saturated carbocycles. The van der Waals surface area contributed by atoms with Gasteiger partial charge < -0.3 is 14.9 Å². The van der Waals surface area contributed by atoms with Crippen LogP contribution in [0.4, 0.5) is 4.79 Å². The zero-order valence-electron chi connectivity index (χ0n) is 6.43. The van der Waals surface area contributed by atoms with Gasteiger partial charge in [0, 0.05) is 0 Å². The number of ether oxygens (including phenoxy) is 1. The third kappa shape index (κ3) is 4.48. The highest BCUT2D eigenvalue weighted by Gasteiger charge is 2.08. The van der Waals surface area contributed by atoms with Crippen LogP contribution < -0.4 is 5.32 Å². The molecule has 0 bridgehead atoms. The van der Waals surface area contributed by atoms with Crippen LogP contribution in [-0.4, -0.2) is 28.8 Å². The molecule has 0 aliphatic carbocycles. The highest BCUT2D eigenvalue weighted by molar-refractivity contribution is 5.67. The van der Waals surface area contributed by atoms with Crippen LogP contribution in [0.15, 0.2) is 25.3 Å². The van der Waals surface area contributed by atoms with Gasteiger partial charge in [-0.05, 0) is 12.2 Å². The largest absolute Gasteiger partial charge is 0.416 e. The average Bonchev–Trinajstić information content (AvgIpc) is 2.03. The van der Waals surface area contributed by atoms with Gasteiger partial charge in [0.15, 0.2) is 0 Å². The summed E-state index contributed by atoms with van der Waals surface area (Å²) in [5.41, 5.74) is 0. The molecule has 0 rings (SSSR count). The lowest BCUT2D eigenvalue weighted by molar-refractivity contribution is -0.0200. The summed E-state index contributed by atoms with van der Waals surface area (Å²) in [6.07, 6.45) is -1.38. The van der Waals surface area contributed by atoms with E-state index in [-0.39, 0.29) is 0 Å². The maximum atomic E-state index is 10.6. The normalized spacial score (nSPS) is 14.2. The van der Waals surface area contributed by atoms with Crippen LogP contribution in [0.5, 0.6) is 0 Å². The van der Waals surface area contributed by atoms with Crippen molar-refractivity contribution >= 4 is 6.09 Å². The molecule has 0 aliphatic heterocycles. The van der Waals surface area contributed by atoms with Crippen LogP contribution in [0.3, 0.4) is 0 Å². The SMILES string of the molecule is C=CC(O)NC(=O)OC(O)C=C. The molecule has 1 amide bonds. The molecule has 0 aromatic carbocycles. The Morgan fingerprint density at radius 3 is 2.42 bits per heavy atom. The molecular weight excluding hydrogens is 162 g/mol. The van der Waals surface area contributed by atoms with Crippen LogP contribution in [0, 0.1) is 0 Å². The molecule has 3 N–H and O–H groups in total. The monoisotopic (exact) mass is 173 g/mol. The molecule has 68 valence electrons. The summed E-state index contributed by atoms with van der Waals surface area (Å²) in [4.78, 5) is 10.6. The van der Waals surface area contributed by atoms with E-state index >= 15 is 0 Å². The van der Waals surface area contributed by atoms with Crippen molar-refractivity contribution < 1.29 is 19.7 Å². The van der Waals surface area contributed by atoms with Gasteiger partial charge in [-0.2, -0.15) is 0 Å². The second-order valence-corrected chi connectivity index (χ2v) is 1.86. The summed E-state index contributed by atoms with van der Waals surface area (Å²) >= 11 is 0. The van der Waals surface area contributed by atoms with E-state index in [9.17, 15) is 4.79 Å². The number of carbonyl (C=O) groups excluding carboxylic acids is 1. The van der Waals surface area contributed by atoms with Crippen molar-refractivity contribution in [1.29, 1.82) is 0 Å². The Kier molecular flexibility index (Phi) is 4.75. The first-order valence-corrected chi connectivity index (χ1v) is 3.18. The van der Waals surface area contributed by atoms with E-state index in [1.807, 2.05) is 5.32 Å².